The molecule has 0 aliphatic carbocycles. The van der Waals surface area contributed by atoms with Gasteiger partial charge in [-0.15, -0.1) is 0 Å². The molecule has 0 atom stereocenters. The SMILES string of the molecule is NC(=O)c1ccc(NC(=O)CN2CCC(CCn3cccn3)CC2)cc1. The Bertz CT molecular complexity index is 719. The Morgan fingerprint density at radius 1 is 1.19 bits per heavy atom. The number of nitrogens with zero attached hydrogens (tertiary/aromatic N) is 3. The van der Waals surface area contributed by atoms with Crippen molar-refractivity contribution in [3.05, 3.63) is 48.3 Å². The maximum atomic E-state index is 12.2. The van der Waals surface area contributed by atoms with E-state index in [1.807, 2.05) is 23.1 Å². The molecule has 7 heteroatoms. The van der Waals surface area contributed by atoms with Gasteiger partial charge in [0.1, 0.15) is 0 Å². The van der Waals surface area contributed by atoms with Crippen LogP contribution in [0.2, 0.25) is 0 Å². The van der Waals surface area contributed by atoms with Crippen molar-refractivity contribution < 1.29 is 9.59 Å². The van der Waals surface area contributed by atoms with Crippen LogP contribution in [0.1, 0.15) is 29.6 Å². The highest BCUT2D eigenvalue weighted by Crippen LogP contribution is 2.21. The molecule has 0 saturated carbocycles. The molecule has 138 valence electrons. The monoisotopic (exact) mass is 355 g/mol. The third kappa shape index (κ3) is 5.16. The van der Waals surface area contributed by atoms with Crippen LogP contribution >= 0.6 is 0 Å². The van der Waals surface area contributed by atoms with E-state index >= 15 is 0 Å². The van der Waals surface area contributed by atoms with Gasteiger partial charge in [-0.1, -0.05) is 0 Å². The minimum Gasteiger partial charge on any atom is -0.366 e. The summed E-state index contributed by atoms with van der Waals surface area (Å²) in [7, 11) is 0. The molecular formula is C19H25N5O2. The first-order valence-electron chi connectivity index (χ1n) is 8.99. The Labute approximate surface area is 153 Å². The van der Waals surface area contributed by atoms with E-state index in [1.165, 1.54) is 0 Å². The number of hydrogen-bond donors (Lipinski definition) is 2. The smallest absolute Gasteiger partial charge is 0.248 e. The van der Waals surface area contributed by atoms with Crippen LogP contribution in [-0.2, 0) is 11.3 Å². The van der Waals surface area contributed by atoms with Crippen molar-refractivity contribution in [2.45, 2.75) is 25.8 Å². The Morgan fingerprint density at radius 2 is 1.92 bits per heavy atom. The molecule has 1 aromatic carbocycles. The molecule has 1 aromatic heterocycles. The van der Waals surface area contributed by atoms with Crippen LogP contribution in [0.15, 0.2) is 42.7 Å². The van der Waals surface area contributed by atoms with Crippen molar-refractivity contribution >= 4 is 17.5 Å². The van der Waals surface area contributed by atoms with Gasteiger partial charge in [-0.05, 0) is 68.6 Å². The second kappa shape index (κ2) is 8.62. The molecule has 3 N–H and O–H groups in total. The fourth-order valence-corrected chi connectivity index (χ4v) is 3.30. The van der Waals surface area contributed by atoms with Gasteiger partial charge in [0, 0.05) is 30.2 Å². The van der Waals surface area contributed by atoms with Gasteiger partial charge >= 0.3 is 0 Å². The van der Waals surface area contributed by atoms with E-state index in [0.717, 1.165) is 38.9 Å². The Balaban J connectivity index is 1.38. The molecule has 1 aliphatic rings. The van der Waals surface area contributed by atoms with E-state index < -0.39 is 5.91 Å². The summed E-state index contributed by atoms with van der Waals surface area (Å²) < 4.78 is 1.98. The average molecular weight is 355 g/mol. The normalized spacial score (nSPS) is 15.7. The predicted molar refractivity (Wildman–Crippen MR) is 99.6 cm³/mol. The van der Waals surface area contributed by atoms with Crippen LogP contribution in [0.5, 0.6) is 0 Å². The fourth-order valence-electron chi connectivity index (χ4n) is 3.30. The number of carbonyl (C=O) groups excluding carboxylic acids is 2. The molecule has 2 aromatic rings. The lowest BCUT2D eigenvalue weighted by molar-refractivity contribution is -0.117. The zero-order valence-corrected chi connectivity index (χ0v) is 14.8. The molecule has 3 rings (SSSR count). The third-order valence-corrected chi connectivity index (χ3v) is 4.85. The quantitative estimate of drug-likeness (QED) is 0.791. The van der Waals surface area contributed by atoms with Crippen LogP contribution in [0.4, 0.5) is 5.69 Å². The van der Waals surface area contributed by atoms with E-state index in [9.17, 15) is 9.59 Å². The van der Waals surface area contributed by atoms with E-state index in [2.05, 4.69) is 15.3 Å². The molecule has 2 amide bonds. The molecule has 1 fully saturated rings. The minimum absolute atomic E-state index is 0.0354. The summed E-state index contributed by atoms with van der Waals surface area (Å²) in [5, 5.41) is 7.10. The summed E-state index contributed by atoms with van der Waals surface area (Å²) >= 11 is 0. The lowest BCUT2D eigenvalue weighted by Gasteiger charge is -2.31. The van der Waals surface area contributed by atoms with Crippen molar-refractivity contribution in [1.82, 2.24) is 14.7 Å². The number of likely N-dealkylation sites (tertiary alicyclic amines) is 1. The van der Waals surface area contributed by atoms with E-state index in [0.29, 0.717) is 23.7 Å². The number of benzene rings is 1. The standard InChI is InChI=1S/C19H25N5O2/c20-19(26)16-2-4-17(5-3-16)22-18(25)14-23-11-6-15(7-12-23)8-13-24-10-1-9-21-24/h1-5,9-10,15H,6-8,11-14H2,(H2,20,26)(H,22,25). The van der Waals surface area contributed by atoms with Gasteiger partial charge in [0.05, 0.1) is 6.54 Å². The van der Waals surface area contributed by atoms with E-state index in [-0.39, 0.29) is 5.91 Å². The van der Waals surface area contributed by atoms with E-state index in [4.69, 9.17) is 5.73 Å². The number of carbonyl (C=O) groups is 2. The van der Waals surface area contributed by atoms with Crippen molar-refractivity contribution in [2.75, 3.05) is 25.0 Å². The van der Waals surface area contributed by atoms with Crippen molar-refractivity contribution in [3.8, 4) is 0 Å². The summed E-state index contributed by atoms with van der Waals surface area (Å²) in [6, 6.07) is 8.56. The maximum Gasteiger partial charge on any atom is 0.248 e. The topological polar surface area (TPSA) is 93.2 Å². The number of nitrogens with one attached hydrogen (secondary N) is 1. The molecule has 0 spiro atoms. The fraction of sp³-hybridized carbons (Fsp3) is 0.421. The van der Waals surface area contributed by atoms with Crippen molar-refractivity contribution in [2.24, 2.45) is 11.7 Å². The highest BCUT2D eigenvalue weighted by molar-refractivity contribution is 5.95. The number of rotatable bonds is 7. The van der Waals surface area contributed by atoms with Gasteiger partial charge in [-0.3, -0.25) is 19.2 Å². The molecular weight excluding hydrogens is 330 g/mol. The summed E-state index contributed by atoms with van der Waals surface area (Å²) in [6.07, 6.45) is 7.16. The number of nitrogens with two attached hydrogens (primary N) is 1. The average Bonchev–Trinajstić information content (AvgIpc) is 3.15. The van der Waals surface area contributed by atoms with Gasteiger partial charge in [0.15, 0.2) is 0 Å². The molecule has 2 heterocycles. The number of primary amides is 1. The number of aromatic nitrogens is 2. The number of amides is 2. The molecule has 0 radical (unpaired) electrons. The number of aryl methyl sites for hydroxylation is 1. The van der Waals surface area contributed by atoms with Gasteiger partial charge in [0.25, 0.3) is 0 Å². The maximum absolute atomic E-state index is 12.2. The van der Waals surface area contributed by atoms with E-state index in [1.54, 1.807) is 24.3 Å². The Kier molecular flexibility index (Phi) is 6.01. The molecule has 1 saturated heterocycles. The first-order chi connectivity index (χ1) is 12.6. The van der Waals surface area contributed by atoms with Crippen LogP contribution in [0, 0.1) is 5.92 Å². The van der Waals surface area contributed by atoms with Crippen LogP contribution in [-0.4, -0.2) is 46.1 Å². The zero-order valence-electron chi connectivity index (χ0n) is 14.8. The molecule has 26 heavy (non-hydrogen) atoms. The molecule has 0 bridgehead atoms. The van der Waals surface area contributed by atoms with Gasteiger partial charge in [-0.25, -0.2) is 0 Å². The molecule has 1 aliphatic heterocycles. The van der Waals surface area contributed by atoms with Crippen LogP contribution in [0.25, 0.3) is 0 Å². The molecule has 7 nitrogen and oxygen atoms in total. The Hall–Kier alpha value is -2.67. The Morgan fingerprint density at radius 3 is 2.54 bits per heavy atom. The summed E-state index contributed by atoms with van der Waals surface area (Å²) in [5.74, 6) is 0.185. The zero-order chi connectivity index (χ0) is 18.4. The number of anilines is 1. The number of hydrogen-bond acceptors (Lipinski definition) is 4. The van der Waals surface area contributed by atoms with Gasteiger partial charge in [0.2, 0.25) is 11.8 Å². The predicted octanol–water partition coefficient (Wildman–Crippen LogP) is 1.72. The summed E-state index contributed by atoms with van der Waals surface area (Å²) in [5.41, 5.74) is 6.32. The first-order valence-corrected chi connectivity index (χ1v) is 8.99. The lowest BCUT2D eigenvalue weighted by atomic mass is 9.93. The highest BCUT2D eigenvalue weighted by Gasteiger charge is 2.20. The van der Waals surface area contributed by atoms with Crippen LogP contribution in [0.3, 0.4) is 0 Å². The van der Waals surface area contributed by atoms with Gasteiger partial charge in [-0.2, -0.15) is 5.10 Å². The van der Waals surface area contributed by atoms with Crippen molar-refractivity contribution in [3.63, 3.8) is 0 Å². The largest absolute Gasteiger partial charge is 0.366 e. The van der Waals surface area contributed by atoms with Crippen LogP contribution < -0.4 is 11.1 Å². The number of piperidine rings is 1. The minimum atomic E-state index is -0.474. The second-order valence-corrected chi connectivity index (χ2v) is 6.77. The van der Waals surface area contributed by atoms with Crippen molar-refractivity contribution in [1.29, 1.82) is 0 Å². The summed E-state index contributed by atoms with van der Waals surface area (Å²) in [4.78, 5) is 25.5. The highest BCUT2D eigenvalue weighted by atomic mass is 16.2. The molecule has 0 unspecified atom stereocenters. The third-order valence-electron chi connectivity index (χ3n) is 4.85. The lowest BCUT2D eigenvalue weighted by Crippen LogP contribution is -2.39. The second-order valence-electron chi connectivity index (χ2n) is 6.77. The summed E-state index contributed by atoms with van der Waals surface area (Å²) in [6.45, 7) is 3.23. The first kappa shape index (κ1) is 18.1. The van der Waals surface area contributed by atoms with Gasteiger partial charge < -0.3 is 11.1 Å².